The van der Waals surface area contributed by atoms with Gasteiger partial charge in [0.05, 0.1) is 10.7 Å². The number of rotatable bonds is 2. The highest BCUT2D eigenvalue weighted by molar-refractivity contribution is 8.13. The average Bonchev–Trinajstić information content (AvgIpc) is 2.78. The second-order valence-corrected chi connectivity index (χ2v) is 5.66. The number of aromatic nitrogens is 2. The van der Waals surface area contributed by atoms with Gasteiger partial charge in [0.2, 0.25) is 0 Å². The van der Waals surface area contributed by atoms with E-state index >= 15 is 0 Å². The Morgan fingerprint density at radius 3 is 2.63 bits per heavy atom. The van der Waals surface area contributed by atoms with Gasteiger partial charge in [-0.15, -0.1) is 0 Å². The highest BCUT2D eigenvalue weighted by Crippen LogP contribution is 2.30. The fourth-order valence-corrected chi connectivity index (χ4v) is 2.48. The summed E-state index contributed by atoms with van der Waals surface area (Å²) in [6.45, 7) is 1.97. The molecule has 1 aromatic heterocycles. The first kappa shape index (κ1) is 14.0. The fraction of sp³-hybridized carbons (Fsp3) is 0.231. The maximum Gasteiger partial charge on any atom is 0.285 e. The van der Waals surface area contributed by atoms with Crippen LogP contribution in [0.15, 0.2) is 35.4 Å². The third-order valence-electron chi connectivity index (χ3n) is 2.55. The van der Waals surface area contributed by atoms with E-state index in [2.05, 4.69) is 5.10 Å². The number of amides is 1. The Bertz CT molecular complexity index is 610. The number of carbonyl (C=O) groups is 1. The van der Waals surface area contributed by atoms with E-state index in [1.165, 1.54) is 4.90 Å². The fourth-order valence-electron chi connectivity index (χ4n) is 1.53. The molecule has 0 bridgehead atoms. The molecule has 100 valence electrons. The molecule has 1 heterocycles. The molecule has 0 atom stereocenters. The van der Waals surface area contributed by atoms with E-state index in [1.54, 1.807) is 25.0 Å². The molecule has 0 unspecified atom stereocenters. The van der Waals surface area contributed by atoms with Crippen molar-refractivity contribution in [3.05, 3.63) is 41.2 Å². The van der Waals surface area contributed by atoms with Gasteiger partial charge in [-0.25, -0.2) is 4.68 Å². The van der Waals surface area contributed by atoms with Crippen LogP contribution in [0.25, 0.3) is 5.69 Å². The predicted molar refractivity (Wildman–Crippen MR) is 78.3 cm³/mol. The van der Waals surface area contributed by atoms with Crippen LogP contribution in [0, 0.1) is 6.92 Å². The highest BCUT2D eigenvalue weighted by Gasteiger charge is 2.11. The molecule has 0 N–H and O–H groups in total. The zero-order valence-electron chi connectivity index (χ0n) is 10.9. The van der Waals surface area contributed by atoms with Gasteiger partial charge in [0.15, 0.2) is 0 Å². The lowest BCUT2D eigenvalue weighted by atomic mass is 10.3. The van der Waals surface area contributed by atoms with Crippen LogP contribution in [0.5, 0.6) is 0 Å². The Labute approximate surface area is 121 Å². The van der Waals surface area contributed by atoms with Crippen LogP contribution in [-0.4, -0.2) is 34.0 Å². The molecule has 0 fully saturated rings. The summed E-state index contributed by atoms with van der Waals surface area (Å²) in [4.78, 5) is 13.9. The molecule has 4 nitrogen and oxygen atoms in total. The van der Waals surface area contributed by atoms with E-state index in [0.717, 1.165) is 28.0 Å². The van der Waals surface area contributed by atoms with Crippen LogP contribution in [0.4, 0.5) is 4.79 Å². The maximum atomic E-state index is 11.6. The van der Waals surface area contributed by atoms with Crippen molar-refractivity contribution in [2.45, 2.75) is 11.8 Å². The molecule has 0 aliphatic heterocycles. The summed E-state index contributed by atoms with van der Waals surface area (Å²) in [7, 11) is 3.43. The second kappa shape index (κ2) is 5.67. The van der Waals surface area contributed by atoms with Crippen LogP contribution in [0.1, 0.15) is 5.69 Å². The van der Waals surface area contributed by atoms with Crippen LogP contribution in [-0.2, 0) is 0 Å². The summed E-state index contributed by atoms with van der Waals surface area (Å²) in [6, 6.07) is 7.47. The average molecular weight is 296 g/mol. The molecule has 0 spiro atoms. The maximum absolute atomic E-state index is 11.6. The Balaban J connectivity index is 2.28. The molecule has 0 radical (unpaired) electrons. The summed E-state index contributed by atoms with van der Waals surface area (Å²) < 4.78 is 1.80. The van der Waals surface area contributed by atoms with E-state index < -0.39 is 0 Å². The van der Waals surface area contributed by atoms with E-state index in [1.807, 2.05) is 31.2 Å². The molecule has 6 heteroatoms. The molecule has 0 saturated heterocycles. The van der Waals surface area contributed by atoms with E-state index in [4.69, 9.17) is 11.6 Å². The molecule has 2 aromatic rings. The summed E-state index contributed by atoms with van der Waals surface area (Å²) in [5, 5.41) is 4.72. The lowest BCUT2D eigenvalue weighted by Gasteiger charge is -2.11. The van der Waals surface area contributed by atoms with Gasteiger partial charge in [-0.05, 0) is 43.0 Å². The smallest absolute Gasteiger partial charge is 0.285 e. The summed E-state index contributed by atoms with van der Waals surface area (Å²) >= 11 is 7.33. The van der Waals surface area contributed by atoms with E-state index in [0.29, 0.717) is 5.02 Å². The Morgan fingerprint density at radius 2 is 2.11 bits per heavy atom. The minimum atomic E-state index is -0.0510. The third-order valence-corrected chi connectivity index (χ3v) is 4.09. The molecule has 1 amide bonds. The van der Waals surface area contributed by atoms with E-state index in [9.17, 15) is 4.79 Å². The number of thioether (sulfide) groups is 1. The topological polar surface area (TPSA) is 38.1 Å². The summed E-state index contributed by atoms with van der Waals surface area (Å²) in [5.41, 5.74) is 1.91. The van der Waals surface area contributed by atoms with Crippen LogP contribution in [0.3, 0.4) is 0 Å². The first-order chi connectivity index (χ1) is 8.99. The molecule has 0 aliphatic carbocycles. The van der Waals surface area contributed by atoms with Crippen LogP contribution in [0.2, 0.25) is 5.02 Å². The van der Waals surface area contributed by atoms with Crippen molar-refractivity contribution >= 4 is 28.6 Å². The quantitative estimate of drug-likeness (QED) is 0.794. The van der Waals surface area contributed by atoms with Gasteiger partial charge in [0.1, 0.15) is 0 Å². The monoisotopic (exact) mass is 295 g/mol. The number of hydrogen-bond acceptors (Lipinski definition) is 3. The normalized spacial score (nSPS) is 10.5. The largest absolute Gasteiger partial charge is 0.339 e. The Kier molecular flexibility index (Phi) is 4.17. The van der Waals surface area contributed by atoms with Crippen LogP contribution >= 0.6 is 23.4 Å². The van der Waals surface area contributed by atoms with Crippen molar-refractivity contribution in [1.29, 1.82) is 0 Å². The van der Waals surface area contributed by atoms with Gasteiger partial charge in [-0.3, -0.25) is 4.79 Å². The number of aryl methyl sites for hydroxylation is 1. The van der Waals surface area contributed by atoms with Gasteiger partial charge in [0, 0.05) is 30.9 Å². The molecule has 0 saturated carbocycles. The minimum absolute atomic E-state index is 0.0510. The number of benzene rings is 1. The van der Waals surface area contributed by atoms with Gasteiger partial charge in [0.25, 0.3) is 5.24 Å². The molecular weight excluding hydrogens is 282 g/mol. The van der Waals surface area contributed by atoms with Crippen molar-refractivity contribution in [2.75, 3.05) is 14.1 Å². The zero-order chi connectivity index (χ0) is 14.0. The third kappa shape index (κ3) is 3.11. The minimum Gasteiger partial charge on any atom is -0.339 e. The van der Waals surface area contributed by atoms with Crippen molar-refractivity contribution in [3.63, 3.8) is 0 Å². The van der Waals surface area contributed by atoms with Gasteiger partial charge in [-0.2, -0.15) is 5.10 Å². The lowest BCUT2D eigenvalue weighted by Crippen LogP contribution is -2.16. The second-order valence-electron chi connectivity index (χ2n) is 4.26. The molecule has 0 aliphatic rings. The van der Waals surface area contributed by atoms with Crippen molar-refractivity contribution in [3.8, 4) is 5.69 Å². The standard InChI is InChI=1S/C13H14ClN3OS/c1-9-6-7-15-17(9)10-4-5-12(11(14)8-10)19-13(18)16(2)3/h4-8H,1-3H3. The molecule has 1 aromatic carbocycles. The van der Waals surface area contributed by atoms with E-state index in [-0.39, 0.29) is 5.24 Å². The molecule has 2 rings (SSSR count). The number of carbonyl (C=O) groups excluding carboxylic acids is 1. The Hall–Kier alpha value is -1.46. The highest BCUT2D eigenvalue weighted by atomic mass is 35.5. The SMILES string of the molecule is Cc1ccnn1-c1ccc(SC(=O)N(C)C)c(Cl)c1. The number of hydrogen-bond donors (Lipinski definition) is 0. The summed E-state index contributed by atoms with van der Waals surface area (Å²) in [5.74, 6) is 0. The lowest BCUT2D eigenvalue weighted by molar-refractivity contribution is 0.241. The van der Waals surface area contributed by atoms with Gasteiger partial charge >= 0.3 is 0 Å². The Morgan fingerprint density at radius 1 is 1.37 bits per heavy atom. The van der Waals surface area contributed by atoms with Crippen molar-refractivity contribution < 1.29 is 4.79 Å². The first-order valence-corrected chi connectivity index (χ1v) is 6.88. The molecule has 19 heavy (non-hydrogen) atoms. The van der Waals surface area contributed by atoms with Gasteiger partial charge in [-0.1, -0.05) is 11.6 Å². The first-order valence-electron chi connectivity index (χ1n) is 5.68. The molecular formula is C13H14ClN3OS. The van der Waals surface area contributed by atoms with Crippen LogP contribution < -0.4 is 0 Å². The van der Waals surface area contributed by atoms with Crippen molar-refractivity contribution in [2.24, 2.45) is 0 Å². The number of halogens is 1. The number of nitrogens with zero attached hydrogens (tertiary/aromatic N) is 3. The zero-order valence-corrected chi connectivity index (χ0v) is 12.5. The van der Waals surface area contributed by atoms with Crippen molar-refractivity contribution in [1.82, 2.24) is 14.7 Å². The summed E-state index contributed by atoms with van der Waals surface area (Å²) in [6.07, 6.45) is 1.74. The van der Waals surface area contributed by atoms with Gasteiger partial charge < -0.3 is 4.90 Å². The predicted octanol–water partition coefficient (Wildman–Crippen LogP) is 3.61.